The summed E-state index contributed by atoms with van der Waals surface area (Å²) in [4.78, 5) is 15.4. The minimum absolute atomic E-state index is 0.184. The van der Waals surface area contributed by atoms with Crippen LogP contribution in [0.15, 0.2) is 18.2 Å². The number of aliphatic carboxylic acids is 1. The summed E-state index contributed by atoms with van der Waals surface area (Å²) < 4.78 is 0. The molecule has 1 heterocycles. The summed E-state index contributed by atoms with van der Waals surface area (Å²) in [5, 5.41) is 19.7. The van der Waals surface area contributed by atoms with Crippen LogP contribution < -0.4 is 5.32 Å². The normalized spacial score (nSPS) is 21.1. The summed E-state index contributed by atoms with van der Waals surface area (Å²) in [5.74, 6) is 0.639. The Morgan fingerprint density at radius 2 is 2.00 bits per heavy atom. The molecule has 0 unspecified atom stereocenters. The number of nitrogens with zero attached hydrogens (tertiary/aromatic N) is 2. The summed E-state index contributed by atoms with van der Waals surface area (Å²) >= 11 is 0. The monoisotopic (exact) mass is 314 g/mol. The van der Waals surface area contributed by atoms with Crippen molar-refractivity contribution in [3.8, 4) is 11.4 Å². The van der Waals surface area contributed by atoms with Crippen LogP contribution in [0.3, 0.4) is 0 Å². The molecule has 1 aromatic heterocycles. The number of aryl methyl sites for hydroxylation is 2. The number of anilines is 1. The van der Waals surface area contributed by atoms with Crippen LogP contribution in [-0.2, 0) is 4.79 Å². The van der Waals surface area contributed by atoms with Gasteiger partial charge in [0.2, 0.25) is 0 Å². The molecule has 1 saturated carbocycles. The van der Waals surface area contributed by atoms with Gasteiger partial charge in [0.1, 0.15) is 5.82 Å². The lowest BCUT2D eigenvalue weighted by atomic mass is 9.86. The highest BCUT2D eigenvalue weighted by atomic mass is 16.4. The number of hydrogen-bond acceptors (Lipinski definition) is 4. The van der Waals surface area contributed by atoms with E-state index in [2.05, 4.69) is 39.6 Å². The minimum Gasteiger partial charge on any atom is -0.481 e. The Kier molecular flexibility index (Phi) is 4.32. The molecule has 3 rings (SSSR count). The molecule has 0 atom stereocenters. The van der Waals surface area contributed by atoms with Gasteiger partial charge in [-0.3, -0.25) is 9.89 Å². The van der Waals surface area contributed by atoms with E-state index in [1.165, 1.54) is 5.56 Å². The molecule has 0 amide bonds. The fourth-order valence-corrected chi connectivity index (χ4v) is 3.09. The summed E-state index contributed by atoms with van der Waals surface area (Å²) in [6, 6.07) is 6.48. The number of aromatic amines is 1. The largest absolute Gasteiger partial charge is 0.481 e. The van der Waals surface area contributed by atoms with Crippen molar-refractivity contribution in [1.82, 2.24) is 15.2 Å². The fraction of sp³-hybridized carbons (Fsp3) is 0.471. The van der Waals surface area contributed by atoms with Gasteiger partial charge >= 0.3 is 5.97 Å². The second-order valence-corrected chi connectivity index (χ2v) is 6.31. The molecular weight excluding hydrogens is 292 g/mol. The first-order chi connectivity index (χ1) is 11.0. The van der Waals surface area contributed by atoms with Crippen molar-refractivity contribution in [2.45, 2.75) is 45.6 Å². The first-order valence-electron chi connectivity index (χ1n) is 8.02. The maximum Gasteiger partial charge on any atom is 0.306 e. The highest BCUT2D eigenvalue weighted by Crippen LogP contribution is 2.29. The van der Waals surface area contributed by atoms with Gasteiger partial charge < -0.3 is 10.4 Å². The highest BCUT2D eigenvalue weighted by molar-refractivity contribution is 5.70. The Hall–Kier alpha value is -2.37. The number of rotatable bonds is 4. The number of carbonyl (C=O) groups is 1. The van der Waals surface area contributed by atoms with Crippen molar-refractivity contribution in [2.75, 3.05) is 5.32 Å². The molecule has 0 spiro atoms. The van der Waals surface area contributed by atoms with E-state index in [0.717, 1.165) is 42.8 Å². The molecule has 3 N–H and O–H groups in total. The van der Waals surface area contributed by atoms with E-state index in [9.17, 15) is 4.79 Å². The van der Waals surface area contributed by atoms with Crippen LogP contribution in [-0.4, -0.2) is 32.3 Å². The maximum absolute atomic E-state index is 11.0. The van der Waals surface area contributed by atoms with E-state index in [1.54, 1.807) is 0 Å². The number of benzene rings is 1. The lowest BCUT2D eigenvalue weighted by Gasteiger charge is -2.28. The molecule has 122 valence electrons. The number of nitrogens with one attached hydrogen (secondary N) is 2. The predicted octanol–water partition coefficient (Wildman–Crippen LogP) is 3.14. The topological polar surface area (TPSA) is 90.9 Å². The van der Waals surface area contributed by atoms with Gasteiger partial charge in [-0.25, -0.2) is 4.98 Å². The average Bonchev–Trinajstić information content (AvgIpc) is 2.96. The molecule has 1 fully saturated rings. The van der Waals surface area contributed by atoms with Gasteiger partial charge in [-0.1, -0.05) is 12.1 Å². The van der Waals surface area contributed by atoms with Crippen LogP contribution in [0.25, 0.3) is 11.4 Å². The van der Waals surface area contributed by atoms with Crippen molar-refractivity contribution in [3.05, 3.63) is 29.6 Å². The van der Waals surface area contributed by atoms with Gasteiger partial charge in [-0.05, 0) is 51.2 Å². The lowest BCUT2D eigenvalue weighted by molar-refractivity contribution is -0.142. The number of H-pyrrole nitrogens is 1. The first kappa shape index (κ1) is 15.5. The van der Waals surface area contributed by atoms with Crippen LogP contribution in [0.4, 0.5) is 5.69 Å². The van der Waals surface area contributed by atoms with Gasteiger partial charge in [0.15, 0.2) is 5.82 Å². The Balaban J connectivity index is 1.72. The smallest absolute Gasteiger partial charge is 0.306 e. The van der Waals surface area contributed by atoms with E-state index in [0.29, 0.717) is 11.9 Å². The summed E-state index contributed by atoms with van der Waals surface area (Å²) in [6.45, 7) is 3.95. The van der Waals surface area contributed by atoms with Gasteiger partial charge in [-0.15, -0.1) is 0 Å². The molecule has 1 aromatic carbocycles. The zero-order valence-electron chi connectivity index (χ0n) is 13.5. The molecule has 6 nitrogen and oxygen atoms in total. The van der Waals surface area contributed by atoms with Crippen molar-refractivity contribution >= 4 is 11.7 Å². The molecule has 6 heteroatoms. The van der Waals surface area contributed by atoms with Crippen molar-refractivity contribution in [3.63, 3.8) is 0 Å². The molecule has 1 aliphatic carbocycles. The molecule has 2 aromatic rings. The van der Waals surface area contributed by atoms with Crippen LogP contribution in [0, 0.1) is 19.8 Å². The molecule has 0 saturated heterocycles. The Morgan fingerprint density at radius 1 is 1.26 bits per heavy atom. The SMILES string of the molecule is Cc1nc(-c2ccc(C)c(NC3CCC(C(=O)O)CC3)c2)n[nH]1. The highest BCUT2D eigenvalue weighted by Gasteiger charge is 2.26. The first-order valence-corrected chi connectivity index (χ1v) is 8.02. The van der Waals surface area contributed by atoms with Gasteiger partial charge in [0.05, 0.1) is 5.92 Å². The minimum atomic E-state index is -0.665. The number of carboxylic acid groups (broad SMARTS) is 1. The zero-order chi connectivity index (χ0) is 16.4. The number of aromatic nitrogens is 3. The second kappa shape index (κ2) is 6.40. The molecule has 23 heavy (non-hydrogen) atoms. The van der Waals surface area contributed by atoms with Crippen LogP contribution >= 0.6 is 0 Å². The van der Waals surface area contributed by atoms with Crippen molar-refractivity contribution in [2.24, 2.45) is 5.92 Å². The predicted molar refractivity (Wildman–Crippen MR) is 88.3 cm³/mol. The van der Waals surface area contributed by atoms with E-state index < -0.39 is 5.97 Å². The second-order valence-electron chi connectivity index (χ2n) is 6.31. The van der Waals surface area contributed by atoms with Crippen LogP contribution in [0.2, 0.25) is 0 Å². The fourth-order valence-electron chi connectivity index (χ4n) is 3.09. The van der Waals surface area contributed by atoms with Gasteiger partial charge in [-0.2, -0.15) is 5.10 Å². The van der Waals surface area contributed by atoms with Gasteiger partial charge in [0.25, 0.3) is 0 Å². The average molecular weight is 314 g/mol. The van der Waals surface area contributed by atoms with E-state index in [-0.39, 0.29) is 5.92 Å². The third kappa shape index (κ3) is 3.52. The summed E-state index contributed by atoms with van der Waals surface area (Å²) in [5.41, 5.74) is 3.21. The quantitative estimate of drug-likeness (QED) is 0.806. The molecule has 0 aliphatic heterocycles. The Labute approximate surface area is 135 Å². The van der Waals surface area contributed by atoms with Crippen LogP contribution in [0.1, 0.15) is 37.1 Å². The van der Waals surface area contributed by atoms with Crippen molar-refractivity contribution in [1.29, 1.82) is 0 Å². The number of hydrogen-bond donors (Lipinski definition) is 3. The molecule has 0 radical (unpaired) electrons. The molecular formula is C17H22N4O2. The third-order valence-electron chi connectivity index (χ3n) is 4.53. The number of carboxylic acids is 1. The van der Waals surface area contributed by atoms with E-state index in [1.807, 2.05) is 13.0 Å². The summed E-state index contributed by atoms with van der Waals surface area (Å²) in [7, 11) is 0. The Bertz CT molecular complexity index is 702. The Morgan fingerprint density at radius 3 is 2.61 bits per heavy atom. The molecule has 0 bridgehead atoms. The van der Waals surface area contributed by atoms with Crippen molar-refractivity contribution < 1.29 is 9.90 Å². The maximum atomic E-state index is 11.0. The lowest BCUT2D eigenvalue weighted by Crippen LogP contribution is -2.29. The zero-order valence-corrected chi connectivity index (χ0v) is 13.5. The molecule has 1 aliphatic rings. The van der Waals surface area contributed by atoms with E-state index >= 15 is 0 Å². The van der Waals surface area contributed by atoms with Gasteiger partial charge in [0, 0.05) is 17.3 Å². The van der Waals surface area contributed by atoms with E-state index in [4.69, 9.17) is 5.11 Å². The third-order valence-corrected chi connectivity index (χ3v) is 4.53. The standard InChI is InChI=1S/C17H22N4O2/c1-10-3-4-13(16-18-11(2)20-21-16)9-15(10)19-14-7-5-12(6-8-14)17(22)23/h3-4,9,12,14,19H,5-8H2,1-2H3,(H,22,23)(H,18,20,21). The summed E-state index contributed by atoms with van der Waals surface area (Å²) in [6.07, 6.45) is 3.26. The van der Waals surface area contributed by atoms with Crippen LogP contribution in [0.5, 0.6) is 0 Å².